The van der Waals surface area contributed by atoms with Gasteiger partial charge in [0.05, 0.1) is 19.3 Å². The summed E-state index contributed by atoms with van der Waals surface area (Å²) in [5.74, 6) is 0. The molecule has 0 aromatic heterocycles. The highest BCUT2D eigenvalue weighted by Gasteiger charge is 2.27. The van der Waals surface area contributed by atoms with Crippen molar-refractivity contribution in [2.24, 2.45) is 0 Å². The lowest BCUT2D eigenvalue weighted by Gasteiger charge is -2.27. The number of hydrogen-bond acceptors (Lipinski definition) is 4. The maximum atomic E-state index is 11.3. The van der Waals surface area contributed by atoms with Crippen LogP contribution in [-0.4, -0.2) is 40.5 Å². The average molecular weight is 622 g/mol. The van der Waals surface area contributed by atoms with E-state index < -0.39 is 13.9 Å². The predicted octanol–water partition coefficient (Wildman–Crippen LogP) is 9.11. The maximum Gasteiger partial charge on any atom is 0.469 e. The quantitative estimate of drug-likeness (QED) is 0.0579. The second kappa shape index (κ2) is 24.5. The Morgan fingerprint density at radius 2 is 1.24 bits per heavy atom. The molecule has 0 saturated heterocycles. The summed E-state index contributed by atoms with van der Waals surface area (Å²) >= 11 is 3.47. The van der Waals surface area contributed by atoms with Crippen molar-refractivity contribution in [2.75, 3.05) is 18.5 Å². The number of benzene rings is 1. The molecule has 0 spiro atoms. The van der Waals surface area contributed by atoms with E-state index in [1.807, 2.05) is 30.3 Å². The predicted molar refractivity (Wildman–Crippen MR) is 161 cm³/mol. The van der Waals surface area contributed by atoms with Gasteiger partial charge in [0.1, 0.15) is 6.10 Å². The van der Waals surface area contributed by atoms with Crippen molar-refractivity contribution in [3.63, 3.8) is 0 Å². The SMILES string of the molecule is CCCCCCCCCCCCCCCCCCOC(CCBr)C(COP(=O)(O)O)OCc1ccccc1. The van der Waals surface area contributed by atoms with E-state index in [-0.39, 0.29) is 12.7 Å². The van der Waals surface area contributed by atoms with Gasteiger partial charge in [-0.05, 0) is 18.4 Å². The number of halogens is 1. The smallest absolute Gasteiger partial charge is 0.375 e. The average Bonchev–Trinajstić information content (AvgIpc) is 2.90. The maximum absolute atomic E-state index is 11.3. The summed E-state index contributed by atoms with van der Waals surface area (Å²) < 4.78 is 28.2. The highest BCUT2D eigenvalue weighted by molar-refractivity contribution is 9.09. The van der Waals surface area contributed by atoms with Crippen molar-refractivity contribution in [2.45, 2.75) is 135 Å². The summed E-state index contributed by atoms with van der Waals surface area (Å²) in [7, 11) is -4.59. The van der Waals surface area contributed by atoms with Crippen LogP contribution in [-0.2, 0) is 25.2 Å². The van der Waals surface area contributed by atoms with E-state index in [9.17, 15) is 14.4 Å². The molecule has 2 unspecified atom stereocenters. The summed E-state index contributed by atoms with van der Waals surface area (Å²) in [6.45, 7) is 3.00. The van der Waals surface area contributed by atoms with E-state index >= 15 is 0 Å². The van der Waals surface area contributed by atoms with E-state index in [2.05, 4.69) is 22.9 Å². The zero-order chi connectivity index (χ0) is 27.7. The van der Waals surface area contributed by atoms with Crippen molar-refractivity contribution in [3.05, 3.63) is 35.9 Å². The van der Waals surface area contributed by atoms with Crippen molar-refractivity contribution < 1.29 is 28.3 Å². The molecule has 1 rings (SSSR count). The van der Waals surface area contributed by atoms with Gasteiger partial charge in [-0.25, -0.2) is 4.57 Å². The van der Waals surface area contributed by atoms with Crippen LogP contribution in [0.15, 0.2) is 30.3 Å². The summed E-state index contributed by atoms with van der Waals surface area (Å²) in [4.78, 5) is 18.4. The molecule has 6 nitrogen and oxygen atoms in total. The van der Waals surface area contributed by atoms with Crippen molar-refractivity contribution >= 4 is 23.8 Å². The minimum absolute atomic E-state index is 0.215. The molecular weight excluding hydrogens is 567 g/mol. The second-order valence-corrected chi connectivity index (χ2v) is 12.3. The Morgan fingerprint density at radius 1 is 0.737 bits per heavy atom. The highest BCUT2D eigenvalue weighted by Crippen LogP contribution is 2.36. The molecule has 222 valence electrons. The van der Waals surface area contributed by atoms with Crippen molar-refractivity contribution in [1.29, 1.82) is 0 Å². The topological polar surface area (TPSA) is 85.2 Å². The molecule has 1 aromatic carbocycles. The molecule has 0 fully saturated rings. The fourth-order valence-electron chi connectivity index (χ4n) is 4.58. The van der Waals surface area contributed by atoms with E-state index in [4.69, 9.17) is 14.0 Å². The van der Waals surface area contributed by atoms with Gasteiger partial charge in [-0.2, -0.15) is 0 Å². The minimum atomic E-state index is -4.59. The minimum Gasteiger partial charge on any atom is -0.375 e. The van der Waals surface area contributed by atoms with Crippen LogP contribution in [0.5, 0.6) is 0 Å². The van der Waals surface area contributed by atoms with E-state index in [1.165, 1.54) is 89.9 Å². The number of alkyl halides is 1. The molecule has 0 aliphatic carbocycles. The van der Waals surface area contributed by atoms with Gasteiger partial charge >= 0.3 is 7.82 Å². The Bertz CT molecular complexity index is 687. The number of ether oxygens (including phenoxy) is 2. The van der Waals surface area contributed by atoms with Crippen LogP contribution in [0.25, 0.3) is 0 Å². The zero-order valence-corrected chi connectivity index (χ0v) is 26.2. The first-order valence-corrected chi connectivity index (χ1v) is 17.6. The molecule has 0 heterocycles. The van der Waals surface area contributed by atoms with E-state index in [0.717, 1.165) is 18.4 Å². The first kappa shape index (κ1) is 35.8. The van der Waals surface area contributed by atoms with Crippen LogP contribution in [0.1, 0.15) is 122 Å². The Kier molecular flexibility index (Phi) is 23.1. The van der Waals surface area contributed by atoms with Crippen LogP contribution < -0.4 is 0 Å². The van der Waals surface area contributed by atoms with Gasteiger partial charge in [0.25, 0.3) is 0 Å². The molecule has 38 heavy (non-hydrogen) atoms. The number of unbranched alkanes of at least 4 members (excludes halogenated alkanes) is 15. The first-order valence-electron chi connectivity index (χ1n) is 15.0. The molecule has 0 aliphatic rings. The van der Waals surface area contributed by atoms with E-state index in [1.54, 1.807) is 0 Å². The first-order chi connectivity index (χ1) is 18.5. The molecule has 0 amide bonds. The van der Waals surface area contributed by atoms with Gasteiger partial charge in [-0.15, -0.1) is 0 Å². The van der Waals surface area contributed by atoms with Crippen LogP contribution in [0, 0.1) is 0 Å². The lowest BCUT2D eigenvalue weighted by atomic mass is 10.0. The van der Waals surface area contributed by atoms with Gasteiger partial charge in [-0.1, -0.05) is 149 Å². The monoisotopic (exact) mass is 620 g/mol. The number of hydrogen-bond donors (Lipinski definition) is 2. The molecule has 2 N–H and O–H groups in total. The van der Waals surface area contributed by atoms with E-state index in [0.29, 0.717) is 25.0 Å². The zero-order valence-electron chi connectivity index (χ0n) is 23.7. The summed E-state index contributed by atoms with van der Waals surface area (Å²) in [5, 5.41) is 0.706. The highest BCUT2D eigenvalue weighted by atomic mass is 79.9. The Labute approximate surface area is 241 Å². The third-order valence-electron chi connectivity index (χ3n) is 6.85. The molecule has 0 saturated carbocycles. The number of phosphoric ester groups is 1. The molecule has 2 atom stereocenters. The largest absolute Gasteiger partial charge is 0.469 e. The molecule has 0 bridgehead atoms. The van der Waals surface area contributed by atoms with Crippen LogP contribution >= 0.6 is 23.8 Å². The van der Waals surface area contributed by atoms with Crippen LogP contribution in [0.2, 0.25) is 0 Å². The lowest BCUT2D eigenvalue weighted by molar-refractivity contribution is -0.0981. The summed E-state index contributed by atoms with van der Waals surface area (Å²) in [5.41, 5.74) is 0.990. The fraction of sp³-hybridized carbons (Fsp3) is 0.800. The number of rotatable bonds is 27. The van der Waals surface area contributed by atoms with Gasteiger partial charge < -0.3 is 19.3 Å². The summed E-state index contributed by atoms with van der Waals surface area (Å²) in [6.07, 6.45) is 21.0. The Hall–Kier alpha value is -0.270. The summed E-state index contributed by atoms with van der Waals surface area (Å²) in [6, 6.07) is 9.72. The second-order valence-electron chi connectivity index (χ2n) is 10.3. The Morgan fingerprint density at radius 3 is 1.71 bits per heavy atom. The molecule has 8 heteroatoms. The van der Waals surface area contributed by atoms with Crippen molar-refractivity contribution in [3.8, 4) is 0 Å². The fourth-order valence-corrected chi connectivity index (χ4v) is 5.37. The third kappa shape index (κ3) is 21.5. The Balaban J connectivity index is 2.17. The molecular formula is C30H54BrO6P. The number of phosphoric acid groups is 1. The van der Waals surface area contributed by atoms with Crippen LogP contribution in [0.3, 0.4) is 0 Å². The van der Waals surface area contributed by atoms with Gasteiger partial charge in [0, 0.05) is 11.9 Å². The lowest BCUT2D eigenvalue weighted by Crippen LogP contribution is -2.36. The molecule has 0 radical (unpaired) electrons. The standard InChI is InChI=1S/C30H54BrO6P/c1-2-3-4-5-6-7-8-9-10-11-12-13-14-15-16-20-25-35-29(23-24-31)30(27-37-38(32,33)34)36-26-28-21-18-17-19-22-28/h17-19,21-22,29-30H,2-16,20,23-27H2,1H3,(H2,32,33,34). The van der Waals surface area contributed by atoms with Gasteiger partial charge in [-0.3, -0.25) is 4.52 Å². The van der Waals surface area contributed by atoms with Crippen LogP contribution in [0.4, 0.5) is 0 Å². The normalized spacial score (nSPS) is 13.6. The molecule has 0 aliphatic heterocycles. The van der Waals surface area contributed by atoms with Gasteiger partial charge in [0.15, 0.2) is 0 Å². The van der Waals surface area contributed by atoms with Gasteiger partial charge in [0.2, 0.25) is 0 Å². The third-order valence-corrected chi connectivity index (χ3v) is 7.80. The van der Waals surface area contributed by atoms with Crippen molar-refractivity contribution in [1.82, 2.24) is 0 Å². The molecule has 1 aromatic rings.